The molecule has 23 heavy (non-hydrogen) atoms. The lowest BCUT2D eigenvalue weighted by Crippen LogP contribution is -2.28. The maximum absolute atomic E-state index is 12.0. The fraction of sp³-hybridized carbons (Fsp3) is 0.667. The minimum absolute atomic E-state index is 0. The maximum atomic E-state index is 12.0. The Morgan fingerprint density at radius 2 is 2.09 bits per heavy atom. The zero-order valence-electron chi connectivity index (χ0n) is 13.7. The van der Waals surface area contributed by atoms with Gasteiger partial charge >= 0.3 is 0 Å². The predicted octanol–water partition coefficient (Wildman–Crippen LogP) is 1.11. The number of likely N-dealkylation sites (N-methyl/N-ethyl adjacent to an activating group) is 1. The molecule has 1 aliphatic heterocycles. The number of nitrogens with zero attached hydrogens (tertiary/aromatic N) is 3. The lowest BCUT2D eigenvalue weighted by Gasteiger charge is -2.22. The molecule has 2 heterocycles. The van der Waals surface area contributed by atoms with Crippen LogP contribution in [0, 0.1) is 5.92 Å². The number of carbonyl (C=O) groups excluding carboxylic acids is 2. The number of rotatable bonds is 6. The van der Waals surface area contributed by atoms with Crippen molar-refractivity contribution in [2.24, 2.45) is 5.92 Å². The molecule has 2 amide bonds. The summed E-state index contributed by atoms with van der Waals surface area (Å²) in [5.41, 5.74) is 0.641. The summed E-state index contributed by atoms with van der Waals surface area (Å²) < 4.78 is 1.53. The van der Waals surface area contributed by atoms with Crippen molar-refractivity contribution in [3.8, 4) is 0 Å². The van der Waals surface area contributed by atoms with Crippen LogP contribution < -0.4 is 10.6 Å². The zero-order valence-corrected chi connectivity index (χ0v) is 14.6. The zero-order chi connectivity index (χ0) is 15.9. The smallest absolute Gasteiger partial charge is 0.243 e. The van der Waals surface area contributed by atoms with Crippen molar-refractivity contribution in [1.29, 1.82) is 0 Å². The molecule has 7 nitrogen and oxygen atoms in total. The fourth-order valence-corrected chi connectivity index (χ4v) is 2.52. The SMILES string of the molecule is CN(C)C(=O)Cn1cc(NC(=O)CCC2CCNCC2)cn1.Cl. The summed E-state index contributed by atoms with van der Waals surface area (Å²) >= 11 is 0. The molecule has 0 spiro atoms. The van der Waals surface area contributed by atoms with Crippen LogP contribution in [0.5, 0.6) is 0 Å². The molecule has 0 bridgehead atoms. The molecule has 1 aliphatic rings. The van der Waals surface area contributed by atoms with Crippen LogP contribution in [0.2, 0.25) is 0 Å². The van der Waals surface area contributed by atoms with Crippen LogP contribution in [0.15, 0.2) is 12.4 Å². The van der Waals surface area contributed by atoms with E-state index in [9.17, 15) is 9.59 Å². The van der Waals surface area contributed by atoms with Gasteiger partial charge in [-0.1, -0.05) is 0 Å². The van der Waals surface area contributed by atoms with E-state index in [4.69, 9.17) is 0 Å². The van der Waals surface area contributed by atoms with Crippen LogP contribution in [0.1, 0.15) is 25.7 Å². The molecule has 130 valence electrons. The normalized spacial score (nSPS) is 14.9. The third-order valence-electron chi connectivity index (χ3n) is 3.95. The lowest BCUT2D eigenvalue weighted by atomic mass is 9.93. The molecule has 1 aromatic rings. The van der Waals surface area contributed by atoms with Crippen molar-refractivity contribution in [3.05, 3.63) is 12.4 Å². The summed E-state index contributed by atoms with van der Waals surface area (Å²) in [6.45, 7) is 2.29. The first-order chi connectivity index (χ1) is 10.5. The van der Waals surface area contributed by atoms with Gasteiger partial charge < -0.3 is 15.5 Å². The Hall–Kier alpha value is -1.60. The van der Waals surface area contributed by atoms with Gasteiger partial charge in [0.15, 0.2) is 0 Å². The molecule has 8 heteroatoms. The minimum Gasteiger partial charge on any atom is -0.347 e. The summed E-state index contributed by atoms with van der Waals surface area (Å²) in [6.07, 6.45) is 7.03. The van der Waals surface area contributed by atoms with E-state index in [2.05, 4.69) is 15.7 Å². The van der Waals surface area contributed by atoms with Crippen LogP contribution >= 0.6 is 12.4 Å². The van der Waals surface area contributed by atoms with Gasteiger partial charge in [0.1, 0.15) is 6.54 Å². The molecule has 0 aromatic carbocycles. The highest BCUT2D eigenvalue weighted by molar-refractivity contribution is 5.90. The largest absolute Gasteiger partial charge is 0.347 e. The van der Waals surface area contributed by atoms with Gasteiger partial charge in [0.25, 0.3) is 0 Å². The van der Waals surface area contributed by atoms with E-state index in [0.29, 0.717) is 18.0 Å². The Morgan fingerprint density at radius 3 is 2.74 bits per heavy atom. The Balaban J connectivity index is 0.00000264. The first kappa shape index (κ1) is 19.4. The molecule has 1 aromatic heterocycles. The van der Waals surface area contributed by atoms with Crippen molar-refractivity contribution in [2.75, 3.05) is 32.5 Å². The lowest BCUT2D eigenvalue weighted by molar-refractivity contribution is -0.129. The van der Waals surface area contributed by atoms with E-state index in [1.165, 1.54) is 9.58 Å². The molecule has 0 radical (unpaired) electrons. The Kier molecular flexibility index (Phi) is 8.05. The number of amides is 2. The van der Waals surface area contributed by atoms with Gasteiger partial charge in [-0.15, -0.1) is 12.4 Å². The van der Waals surface area contributed by atoms with E-state index in [-0.39, 0.29) is 30.8 Å². The fourth-order valence-electron chi connectivity index (χ4n) is 2.52. The number of piperidine rings is 1. The van der Waals surface area contributed by atoms with Gasteiger partial charge in [-0.05, 0) is 38.3 Å². The van der Waals surface area contributed by atoms with E-state index in [0.717, 1.165) is 32.4 Å². The quantitative estimate of drug-likeness (QED) is 0.811. The number of hydrogen-bond donors (Lipinski definition) is 2. The first-order valence-electron chi connectivity index (χ1n) is 7.78. The van der Waals surface area contributed by atoms with E-state index in [1.54, 1.807) is 26.5 Å². The average molecular weight is 344 g/mol. The van der Waals surface area contributed by atoms with Crippen LogP contribution in [-0.2, 0) is 16.1 Å². The predicted molar refractivity (Wildman–Crippen MR) is 91.6 cm³/mol. The molecular formula is C15H26ClN5O2. The number of carbonyl (C=O) groups is 2. The van der Waals surface area contributed by atoms with Gasteiger partial charge in [-0.3, -0.25) is 14.3 Å². The van der Waals surface area contributed by atoms with Crippen LogP contribution in [0.3, 0.4) is 0 Å². The van der Waals surface area contributed by atoms with Gasteiger partial charge in [0.05, 0.1) is 11.9 Å². The van der Waals surface area contributed by atoms with E-state index < -0.39 is 0 Å². The van der Waals surface area contributed by atoms with Gasteiger partial charge in [-0.25, -0.2) is 0 Å². The summed E-state index contributed by atoms with van der Waals surface area (Å²) in [4.78, 5) is 25.1. The average Bonchev–Trinajstić information content (AvgIpc) is 2.93. The van der Waals surface area contributed by atoms with Gasteiger partial charge in [0, 0.05) is 26.7 Å². The van der Waals surface area contributed by atoms with Crippen molar-refractivity contribution in [1.82, 2.24) is 20.0 Å². The molecule has 1 saturated heterocycles. The van der Waals surface area contributed by atoms with Crippen molar-refractivity contribution in [3.63, 3.8) is 0 Å². The summed E-state index contributed by atoms with van der Waals surface area (Å²) in [6, 6.07) is 0. The number of aromatic nitrogens is 2. The van der Waals surface area contributed by atoms with Gasteiger partial charge in [-0.2, -0.15) is 5.10 Å². The molecular weight excluding hydrogens is 318 g/mol. The molecule has 0 unspecified atom stereocenters. The standard InChI is InChI=1S/C15H25N5O2.ClH/c1-19(2)15(22)11-20-10-13(9-17-20)18-14(21)4-3-12-5-7-16-8-6-12;/h9-10,12,16H,3-8,11H2,1-2H3,(H,18,21);1H. The van der Waals surface area contributed by atoms with E-state index in [1.807, 2.05) is 0 Å². The molecule has 2 N–H and O–H groups in total. The second kappa shape index (κ2) is 9.52. The number of nitrogens with one attached hydrogen (secondary N) is 2. The van der Waals surface area contributed by atoms with Gasteiger partial charge in [0.2, 0.25) is 11.8 Å². The minimum atomic E-state index is -0.0353. The van der Waals surface area contributed by atoms with Crippen LogP contribution in [0.25, 0.3) is 0 Å². The first-order valence-corrected chi connectivity index (χ1v) is 7.78. The number of halogens is 1. The molecule has 0 atom stereocenters. The molecule has 1 fully saturated rings. The maximum Gasteiger partial charge on any atom is 0.243 e. The van der Waals surface area contributed by atoms with E-state index >= 15 is 0 Å². The highest BCUT2D eigenvalue weighted by Crippen LogP contribution is 2.18. The number of anilines is 1. The second-order valence-electron chi connectivity index (χ2n) is 5.99. The summed E-state index contributed by atoms with van der Waals surface area (Å²) in [5, 5.41) is 10.3. The highest BCUT2D eigenvalue weighted by atomic mass is 35.5. The topological polar surface area (TPSA) is 79.3 Å². The van der Waals surface area contributed by atoms with Crippen molar-refractivity contribution < 1.29 is 9.59 Å². The summed E-state index contributed by atoms with van der Waals surface area (Å²) in [5.74, 6) is 0.622. The second-order valence-corrected chi connectivity index (χ2v) is 5.99. The monoisotopic (exact) mass is 343 g/mol. The third-order valence-corrected chi connectivity index (χ3v) is 3.95. The van der Waals surface area contributed by atoms with Crippen LogP contribution in [0.4, 0.5) is 5.69 Å². The Bertz CT molecular complexity index is 512. The highest BCUT2D eigenvalue weighted by Gasteiger charge is 2.15. The molecule has 0 aliphatic carbocycles. The Labute approximate surface area is 143 Å². The molecule has 0 saturated carbocycles. The van der Waals surface area contributed by atoms with Crippen molar-refractivity contribution in [2.45, 2.75) is 32.2 Å². The Morgan fingerprint density at radius 1 is 1.39 bits per heavy atom. The molecule has 2 rings (SSSR count). The summed E-state index contributed by atoms with van der Waals surface area (Å²) in [7, 11) is 3.41. The third kappa shape index (κ3) is 6.58. The van der Waals surface area contributed by atoms with Crippen molar-refractivity contribution >= 4 is 29.9 Å². The van der Waals surface area contributed by atoms with Crippen LogP contribution in [-0.4, -0.2) is 53.7 Å². The number of hydrogen-bond acceptors (Lipinski definition) is 4.